The van der Waals surface area contributed by atoms with Gasteiger partial charge in [0.1, 0.15) is 0 Å². The van der Waals surface area contributed by atoms with Gasteiger partial charge < -0.3 is 0 Å². The number of hydrogen-bond donors (Lipinski definition) is 0. The minimum Gasteiger partial charge on any atom is -0.0619 e. The summed E-state index contributed by atoms with van der Waals surface area (Å²) in [5.74, 6) is 1.92. The first kappa shape index (κ1) is 58.7. The van der Waals surface area contributed by atoms with Crippen molar-refractivity contribution in [3.05, 3.63) is 164 Å². The Morgan fingerprint density at radius 1 is 0.235 bits per heavy atom. The van der Waals surface area contributed by atoms with E-state index in [2.05, 4.69) is 283 Å². The van der Waals surface area contributed by atoms with Crippen LogP contribution in [0.15, 0.2) is 103 Å². The molecule has 0 bridgehead atoms. The van der Waals surface area contributed by atoms with Gasteiger partial charge >= 0.3 is 0 Å². The first-order valence-corrected chi connectivity index (χ1v) is 31.7. The van der Waals surface area contributed by atoms with Crippen LogP contribution in [0.3, 0.4) is 0 Å². The van der Waals surface area contributed by atoms with Gasteiger partial charge in [-0.3, -0.25) is 0 Å². The molecule has 8 aromatic carbocycles. The Morgan fingerprint density at radius 2 is 0.444 bits per heavy atom. The van der Waals surface area contributed by atoms with Crippen LogP contribution in [0.25, 0.3) is 76.8 Å². The normalized spacial score (nSPS) is 17.6. The fourth-order valence-corrected chi connectivity index (χ4v) is 16.1. The predicted molar refractivity (Wildman–Crippen MR) is 359 cm³/mol. The zero-order valence-electron chi connectivity index (χ0n) is 55.4. The maximum Gasteiger partial charge on any atom is -0.0000964 e. The standard InChI is InChI=1S/C81H102/c1-44(2)51-32-27-28-33-58(51)70-59-40-63-64(77(17,18)80(23,24)76(63,15)16)41-60(59)72(68-54(47(7)8)36-30-37-55(68)48(9)10)75-73(69-56(49(11)12)38-31-39-57(69)50(13)14)62-43-66-65(78(19,20)81(25,26)79(66,21)22)42-61(62)71(74(70)75)67-52(45(3)4)34-29-35-53(67)46(5)6/h27-50H,1-26H3. The van der Waals surface area contributed by atoms with E-state index < -0.39 is 0 Å². The summed E-state index contributed by atoms with van der Waals surface area (Å²) in [6.07, 6.45) is 0. The van der Waals surface area contributed by atoms with E-state index in [4.69, 9.17) is 0 Å². The minimum absolute atomic E-state index is 0.0437. The van der Waals surface area contributed by atoms with Crippen LogP contribution in [-0.4, -0.2) is 0 Å². The first-order chi connectivity index (χ1) is 37.6. The van der Waals surface area contributed by atoms with Crippen molar-refractivity contribution < 1.29 is 0 Å². The molecule has 0 fully saturated rings. The van der Waals surface area contributed by atoms with Crippen LogP contribution in [-0.2, 0) is 21.7 Å². The third-order valence-corrected chi connectivity index (χ3v) is 23.3. The molecule has 0 atom stereocenters. The van der Waals surface area contributed by atoms with E-state index in [1.807, 2.05) is 0 Å². The average molecular weight is 1080 g/mol. The smallest absolute Gasteiger partial charge is 0.0000964 e. The molecule has 0 saturated heterocycles. The summed E-state index contributed by atoms with van der Waals surface area (Å²) >= 11 is 0. The summed E-state index contributed by atoms with van der Waals surface area (Å²) in [6.45, 7) is 64.8. The molecule has 0 nitrogen and oxygen atoms in total. The van der Waals surface area contributed by atoms with Crippen LogP contribution < -0.4 is 0 Å². The molecule has 0 saturated carbocycles. The highest BCUT2D eigenvalue weighted by Gasteiger charge is 2.58. The van der Waals surface area contributed by atoms with Crippen molar-refractivity contribution in [3.8, 4) is 44.5 Å². The second-order valence-corrected chi connectivity index (χ2v) is 31.0. The molecule has 0 N–H and O–H groups in total. The van der Waals surface area contributed by atoms with E-state index in [0.717, 1.165) is 0 Å². The number of hydrogen-bond acceptors (Lipinski definition) is 0. The Hall–Kier alpha value is -5.46. The maximum atomic E-state index is 2.79. The van der Waals surface area contributed by atoms with Crippen molar-refractivity contribution in [2.45, 2.75) is 243 Å². The lowest BCUT2D eigenvalue weighted by molar-refractivity contribution is 0.125. The van der Waals surface area contributed by atoms with Crippen molar-refractivity contribution in [2.75, 3.05) is 0 Å². The summed E-state index contributed by atoms with van der Waals surface area (Å²) in [7, 11) is 0. The molecule has 0 heterocycles. The second-order valence-electron chi connectivity index (χ2n) is 31.0. The van der Waals surface area contributed by atoms with Crippen LogP contribution in [0.5, 0.6) is 0 Å². The Balaban J connectivity index is 1.77. The molecular weight excluding hydrogens is 973 g/mol. The van der Waals surface area contributed by atoms with Crippen LogP contribution in [0.2, 0.25) is 0 Å². The van der Waals surface area contributed by atoms with Crippen molar-refractivity contribution in [1.82, 2.24) is 0 Å². The van der Waals surface area contributed by atoms with Gasteiger partial charge in [0.05, 0.1) is 0 Å². The van der Waals surface area contributed by atoms with Crippen molar-refractivity contribution in [2.24, 2.45) is 10.8 Å². The molecule has 2 aliphatic rings. The molecule has 0 unspecified atom stereocenters. The SMILES string of the molecule is CC(C)c1ccccc1-c1c2cc3c(cc2c(-c2c(C(C)C)cccc2C(C)C)c2c(-c4c(C(C)C)cccc4C(C)C)c4cc5c(cc4c(-c4c(C(C)C)cccc4C(C)C)c12)C(C)(C)C(C)(C)C5(C)C)C(C)(C)C(C)(C)C3(C)C. The Labute approximate surface area is 492 Å². The van der Waals surface area contributed by atoms with E-state index in [1.165, 1.54) is 138 Å². The lowest BCUT2D eigenvalue weighted by Gasteiger charge is -2.44. The summed E-state index contributed by atoms with van der Waals surface area (Å²) in [5, 5.41) is 8.37. The number of rotatable bonds is 11. The number of fused-ring (bicyclic) bond motifs is 5. The van der Waals surface area contributed by atoms with Gasteiger partial charge in [-0.05, 0) is 236 Å². The van der Waals surface area contributed by atoms with Gasteiger partial charge in [-0.2, -0.15) is 0 Å². The molecule has 8 aromatic rings. The van der Waals surface area contributed by atoms with E-state index in [9.17, 15) is 0 Å². The molecule has 0 radical (unpaired) electrons. The molecule has 2 aliphatic carbocycles. The van der Waals surface area contributed by atoms with Crippen LogP contribution in [0.4, 0.5) is 0 Å². The van der Waals surface area contributed by atoms with E-state index in [1.54, 1.807) is 0 Å². The maximum absolute atomic E-state index is 2.79. The minimum atomic E-state index is -0.127. The summed E-state index contributed by atoms with van der Waals surface area (Å²) in [5.41, 5.74) is 26.6. The molecule has 0 heteroatoms. The molecule has 10 rings (SSSR count). The van der Waals surface area contributed by atoms with Crippen LogP contribution >= 0.6 is 0 Å². The zero-order valence-corrected chi connectivity index (χ0v) is 55.4. The summed E-state index contributed by atoms with van der Waals surface area (Å²) in [6, 6.07) is 42.8. The lowest BCUT2D eigenvalue weighted by Crippen LogP contribution is -2.42. The van der Waals surface area contributed by atoms with Gasteiger partial charge in [-0.25, -0.2) is 0 Å². The van der Waals surface area contributed by atoms with Gasteiger partial charge in [-0.15, -0.1) is 0 Å². The average Bonchev–Trinajstić information content (AvgIpc) is 2.72. The zero-order chi connectivity index (χ0) is 59.5. The molecule has 0 aromatic heterocycles. The highest BCUT2D eigenvalue weighted by molar-refractivity contribution is 6.35. The molecule has 0 amide bonds. The van der Waals surface area contributed by atoms with E-state index in [0.29, 0.717) is 0 Å². The fraction of sp³-hybridized carbons (Fsp3) is 0.481. The monoisotopic (exact) mass is 1070 g/mol. The molecular formula is C81H102. The Bertz CT molecular complexity index is 3690. The van der Waals surface area contributed by atoms with Gasteiger partial charge in [0, 0.05) is 0 Å². The van der Waals surface area contributed by atoms with Gasteiger partial charge in [0.25, 0.3) is 0 Å². The third kappa shape index (κ3) is 8.14. The summed E-state index contributed by atoms with van der Waals surface area (Å²) in [4.78, 5) is 0. The van der Waals surface area contributed by atoms with Crippen molar-refractivity contribution in [3.63, 3.8) is 0 Å². The molecule has 0 spiro atoms. The van der Waals surface area contributed by atoms with Crippen LogP contribution in [0, 0.1) is 10.8 Å². The second kappa shape index (κ2) is 19.6. The molecule has 426 valence electrons. The first-order valence-electron chi connectivity index (χ1n) is 31.7. The van der Waals surface area contributed by atoms with Crippen molar-refractivity contribution in [1.29, 1.82) is 0 Å². The highest BCUT2D eigenvalue weighted by atomic mass is 14.6. The predicted octanol–water partition coefficient (Wildman–Crippen LogP) is 24.9. The van der Waals surface area contributed by atoms with E-state index in [-0.39, 0.29) is 73.9 Å². The lowest BCUT2D eigenvalue weighted by atomic mass is 9.59. The van der Waals surface area contributed by atoms with E-state index >= 15 is 0 Å². The molecule has 0 aliphatic heterocycles. The molecule has 81 heavy (non-hydrogen) atoms. The highest BCUT2D eigenvalue weighted by Crippen LogP contribution is 2.67. The third-order valence-electron chi connectivity index (χ3n) is 23.3. The van der Waals surface area contributed by atoms with Gasteiger partial charge in [-0.1, -0.05) is 259 Å². The quantitative estimate of drug-likeness (QED) is 0.113. The largest absolute Gasteiger partial charge is 0.0619 e. The van der Waals surface area contributed by atoms with Crippen LogP contribution in [0.1, 0.15) is 283 Å². The summed E-state index contributed by atoms with van der Waals surface area (Å²) < 4.78 is 0. The van der Waals surface area contributed by atoms with Crippen molar-refractivity contribution >= 4 is 32.3 Å². The number of benzene rings is 8. The fourth-order valence-electron chi connectivity index (χ4n) is 16.1. The topological polar surface area (TPSA) is 0 Å². The Morgan fingerprint density at radius 3 is 0.691 bits per heavy atom. The van der Waals surface area contributed by atoms with Gasteiger partial charge in [0.2, 0.25) is 0 Å². The Kier molecular flexibility index (Phi) is 14.2. The van der Waals surface area contributed by atoms with Gasteiger partial charge in [0.15, 0.2) is 0 Å².